The summed E-state index contributed by atoms with van der Waals surface area (Å²) in [7, 11) is 0. The lowest BCUT2D eigenvalue weighted by molar-refractivity contribution is -0.153. The standard InChI is InChI=1S/C16H17F2N3O4S/c1-9(16(23)19-12-4-3-10(17)7-11(12)18)24-15(22)6-5-14-20-13(8-26-2)21-25-14/h3-4,7,9H,5-6,8H2,1-2H3,(H,19,23)/t9-/m1/s1. The molecule has 1 N–H and O–H groups in total. The molecule has 0 unspecified atom stereocenters. The molecule has 0 aliphatic heterocycles. The van der Waals surface area contributed by atoms with Crippen LogP contribution in [0, 0.1) is 11.6 Å². The van der Waals surface area contributed by atoms with Crippen molar-refractivity contribution in [3.05, 3.63) is 41.5 Å². The number of halogens is 2. The lowest BCUT2D eigenvalue weighted by Crippen LogP contribution is -2.30. The van der Waals surface area contributed by atoms with Crippen LogP contribution in [0.2, 0.25) is 0 Å². The van der Waals surface area contributed by atoms with Gasteiger partial charge < -0.3 is 14.6 Å². The van der Waals surface area contributed by atoms with Crippen molar-refractivity contribution in [2.45, 2.75) is 31.6 Å². The monoisotopic (exact) mass is 385 g/mol. The van der Waals surface area contributed by atoms with Gasteiger partial charge in [-0.25, -0.2) is 8.78 Å². The Morgan fingerprint density at radius 3 is 2.85 bits per heavy atom. The van der Waals surface area contributed by atoms with Crippen LogP contribution in [0.1, 0.15) is 25.1 Å². The van der Waals surface area contributed by atoms with Gasteiger partial charge in [0, 0.05) is 12.5 Å². The second kappa shape index (κ2) is 9.27. The van der Waals surface area contributed by atoms with E-state index in [1.54, 1.807) is 0 Å². The zero-order valence-corrected chi connectivity index (χ0v) is 14.9. The summed E-state index contributed by atoms with van der Waals surface area (Å²) in [6.07, 6.45) is 0.879. The van der Waals surface area contributed by atoms with Gasteiger partial charge in [0.05, 0.1) is 17.9 Å². The highest BCUT2D eigenvalue weighted by molar-refractivity contribution is 7.97. The van der Waals surface area contributed by atoms with Crippen molar-refractivity contribution in [3.63, 3.8) is 0 Å². The van der Waals surface area contributed by atoms with Gasteiger partial charge in [-0.1, -0.05) is 5.16 Å². The highest BCUT2D eigenvalue weighted by Crippen LogP contribution is 2.15. The molecule has 0 fully saturated rings. The van der Waals surface area contributed by atoms with Crippen LogP contribution in [0.5, 0.6) is 0 Å². The summed E-state index contributed by atoms with van der Waals surface area (Å²) >= 11 is 1.54. The van der Waals surface area contributed by atoms with Crippen molar-refractivity contribution >= 4 is 29.3 Å². The number of esters is 1. The average Bonchev–Trinajstić information content (AvgIpc) is 3.03. The van der Waals surface area contributed by atoms with Crippen LogP contribution < -0.4 is 5.32 Å². The van der Waals surface area contributed by atoms with Gasteiger partial charge in [-0.15, -0.1) is 0 Å². The second-order valence-corrected chi connectivity index (χ2v) is 6.15. The molecule has 1 atom stereocenters. The summed E-state index contributed by atoms with van der Waals surface area (Å²) in [5, 5.41) is 5.98. The largest absolute Gasteiger partial charge is 0.453 e. The minimum Gasteiger partial charge on any atom is -0.453 e. The third-order valence-corrected chi connectivity index (χ3v) is 3.74. The number of rotatable bonds is 8. The van der Waals surface area contributed by atoms with Crippen molar-refractivity contribution in [1.29, 1.82) is 0 Å². The molecule has 0 spiro atoms. The third-order valence-electron chi connectivity index (χ3n) is 3.19. The van der Waals surface area contributed by atoms with Gasteiger partial charge in [-0.2, -0.15) is 16.7 Å². The summed E-state index contributed by atoms with van der Waals surface area (Å²) in [5.41, 5.74) is -0.202. The summed E-state index contributed by atoms with van der Waals surface area (Å²) in [5.74, 6) is -1.62. The highest BCUT2D eigenvalue weighted by atomic mass is 32.2. The molecule has 0 saturated carbocycles. The highest BCUT2D eigenvalue weighted by Gasteiger charge is 2.20. The summed E-state index contributed by atoms with van der Waals surface area (Å²) in [4.78, 5) is 27.9. The molecule has 0 aliphatic rings. The molecule has 2 aromatic rings. The van der Waals surface area contributed by atoms with E-state index in [-0.39, 0.29) is 18.5 Å². The van der Waals surface area contributed by atoms with Crippen LogP contribution in [-0.4, -0.2) is 34.4 Å². The molecule has 1 aromatic heterocycles. The second-order valence-electron chi connectivity index (χ2n) is 5.28. The van der Waals surface area contributed by atoms with Gasteiger partial charge in [0.1, 0.15) is 11.6 Å². The van der Waals surface area contributed by atoms with Gasteiger partial charge in [0.15, 0.2) is 11.9 Å². The van der Waals surface area contributed by atoms with Gasteiger partial charge in [-0.05, 0) is 25.3 Å². The molecule has 0 radical (unpaired) electrons. The Kier molecular flexibility index (Phi) is 7.07. The van der Waals surface area contributed by atoms with E-state index in [2.05, 4.69) is 15.5 Å². The Bertz CT molecular complexity index is 785. The molecular formula is C16H17F2N3O4S. The predicted octanol–water partition coefficient (Wildman–Crippen LogP) is 2.71. The first kappa shape index (κ1) is 19.8. The van der Waals surface area contributed by atoms with Crippen molar-refractivity contribution in [1.82, 2.24) is 10.1 Å². The first-order chi connectivity index (χ1) is 12.4. The first-order valence-corrected chi connectivity index (χ1v) is 9.04. The van der Waals surface area contributed by atoms with E-state index in [1.807, 2.05) is 6.26 Å². The number of thioether (sulfide) groups is 1. The Labute approximate surface area is 152 Å². The Balaban J connectivity index is 1.80. The maximum Gasteiger partial charge on any atom is 0.307 e. The lowest BCUT2D eigenvalue weighted by atomic mass is 10.2. The molecule has 26 heavy (non-hydrogen) atoms. The summed E-state index contributed by atoms with van der Waals surface area (Å²) in [6.45, 7) is 1.35. The molecule has 2 rings (SSSR count). The molecule has 0 aliphatic carbocycles. The summed E-state index contributed by atoms with van der Waals surface area (Å²) < 4.78 is 36.3. The lowest BCUT2D eigenvalue weighted by Gasteiger charge is -2.13. The molecule has 0 saturated heterocycles. The molecule has 7 nitrogen and oxygen atoms in total. The van der Waals surface area contributed by atoms with Crippen molar-refractivity contribution in [2.24, 2.45) is 0 Å². The number of hydrogen-bond acceptors (Lipinski definition) is 7. The number of amides is 1. The van der Waals surface area contributed by atoms with Gasteiger partial charge >= 0.3 is 5.97 Å². The summed E-state index contributed by atoms with van der Waals surface area (Å²) in [6, 6.07) is 2.73. The topological polar surface area (TPSA) is 94.3 Å². The average molecular weight is 385 g/mol. The van der Waals surface area contributed by atoms with Gasteiger partial charge in [0.2, 0.25) is 5.89 Å². The van der Waals surface area contributed by atoms with E-state index in [0.717, 1.165) is 12.1 Å². The number of carbonyl (C=O) groups excluding carboxylic acids is 2. The van der Waals surface area contributed by atoms with E-state index in [4.69, 9.17) is 9.26 Å². The molecule has 140 valence electrons. The van der Waals surface area contributed by atoms with E-state index >= 15 is 0 Å². The Hall–Kier alpha value is -2.49. The van der Waals surface area contributed by atoms with Crippen LogP contribution in [0.25, 0.3) is 0 Å². The number of ether oxygens (including phenoxy) is 1. The Morgan fingerprint density at radius 2 is 2.15 bits per heavy atom. The zero-order valence-electron chi connectivity index (χ0n) is 14.1. The quantitative estimate of drug-likeness (QED) is 0.698. The van der Waals surface area contributed by atoms with Crippen LogP contribution in [0.3, 0.4) is 0 Å². The fourth-order valence-corrected chi connectivity index (χ4v) is 2.30. The maximum absolute atomic E-state index is 13.5. The number of nitrogens with one attached hydrogen (secondary N) is 1. The zero-order chi connectivity index (χ0) is 19.1. The maximum atomic E-state index is 13.5. The SMILES string of the molecule is CSCc1noc(CCC(=O)O[C@H](C)C(=O)Nc2ccc(F)cc2F)n1. The molecule has 1 amide bonds. The minimum absolute atomic E-state index is 0.0522. The minimum atomic E-state index is -1.15. The van der Waals surface area contributed by atoms with Crippen LogP contribution in [0.15, 0.2) is 22.7 Å². The van der Waals surface area contributed by atoms with Crippen molar-refractivity contribution < 1.29 is 27.6 Å². The smallest absolute Gasteiger partial charge is 0.307 e. The van der Waals surface area contributed by atoms with Crippen LogP contribution >= 0.6 is 11.8 Å². The number of anilines is 1. The number of carbonyl (C=O) groups is 2. The van der Waals surface area contributed by atoms with E-state index in [0.29, 0.717) is 23.5 Å². The number of benzene rings is 1. The Morgan fingerprint density at radius 1 is 1.38 bits per heavy atom. The molecule has 0 bridgehead atoms. The predicted molar refractivity (Wildman–Crippen MR) is 90.4 cm³/mol. The van der Waals surface area contributed by atoms with Gasteiger partial charge in [-0.3, -0.25) is 9.59 Å². The number of hydrogen-bond donors (Lipinski definition) is 1. The normalized spacial score (nSPS) is 11.8. The number of nitrogens with zero attached hydrogens (tertiary/aromatic N) is 2. The van der Waals surface area contributed by atoms with E-state index in [1.165, 1.54) is 18.7 Å². The van der Waals surface area contributed by atoms with Crippen LogP contribution in [0.4, 0.5) is 14.5 Å². The fraction of sp³-hybridized carbons (Fsp3) is 0.375. The van der Waals surface area contributed by atoms with Crippen molar-refractivity contribution in [3.8, 4) is 0 Å². The first-order valence-electron chi connectivity index (χ1n) is 7.65. The number of aromatic nitrogens is 2. The molecular weight excluding hydrogens is 368 g/mol. The van der Waals surface area contributed by atoms with E-state index in [9.17, 15) is 18.4 Å². The van der Waals surface area contributed by atoms with Crippen molar-refractivity contribution in [2.75, 3.05) is 11.6 Å². The third kappa shape index (κ3) is 5.80. The molecule has 1 heterocycles. The fourth-order valence-electron chi connectivity index (χ4n) is 1.92. The molecule has 1 aromatic carbocycles. The molecule has 10 heteroatoms. The number of aryl methyl sites for hydroxylation is 1. The van der Waals surface area contributed by atoms with E-state index < -0.39 is 29.6 Å². The van der Waals surface area contributed by atoms with Crippen LogP contribution in [-0.2, 0) is 26.5 Å². The van der Waals surface area contributed by atoms with Gasteiger partial charge in [0.25, 0.3) is 5.91 Å².